The Hall–Kier alpha value is -0.380. The molecule has 160 valence electrons. The highest BCUT2D eigenvalue weighted by Gasteiger charge is 2.61. The second-order valence-corrected chi connectivity index (χ2v) is 10.9. The Balaban J connectivity index is 1.60. The van der Waals surface area contributed by atoms with Crippen LogP contribution in [-0.4, -0.2) is 37.6 Å². The van der Waals surface area contributed by atoms with Crippen LogP contribution in [-0.2, 0) is 9.47 Å². The summed E-state index contributed by atoms with van der Waals surface area (Å²) in [6, 6.07) is 0. The Bertz CT molecular complexity index is 597. The Morgan fingerprint density at radius 1 is 1.04 bits per heavy atom. The van der Waals surface area contributed by atoms with Crippen molar-refractivity contribution in [1.29, 1.82) is 0 Å². The number of aliphatic hydroxyl groups is 1. The third kappa shape index (κ3) is 3.30. The number of methoxy groups -OCH3 is 1. The van der Waals surface area contributed by atoms with Gasteiger partial charge in [-0.1, -0.05) is 18.6 Å². The predicted octanol–water partition coefficient (Wildman–Crippen LogP) is 5.37. The predicted molar refractivity (Wildman–Crippen MR) is 113 cm³/mol. The number of hydrogen-bond acceptors (Lipinski definition) is 3. The second kappa shape index (κ2) is 7.71. The van der Waals surface area contributed by atoms with E-state index in [-0.39, 0.29) is 5.41 Å². The molecule has 4 aliphatic carbocycles. The molecule has 0 amide bonds. The minimum Gasteiger partial charge on any atom is -0.390 e. The maximum Gasteiger partial charge on any atom is 0.0700 e. The van der Waals surface area contributed by atoms with Gasteiger partial charge in [-0.05, 0) is 106 Å². The fourth-order valence-electron chi connectivity index (χ4n) is 8.24. The number of hydrogen-bond donors (Lipinski definition) is 1. The molecule has 7 atom stereocenters. The molecule has 0 aromatic rings. The van der Waals surface area contributed by atoms with Crippen LogP contribution in [0, 0.1) is 34.5 Å². The lowest BCUT2D eigenvalue weighted by Crippen LogP contribution is -2.58. The van der Waals surface area contributed by atoms with Crippen LogP contribution in [0.5, 0.6) is 0 Å². The van der Waals surface area contributed by atoms with Crippen molar-refractivity contribution in [1.82, 2.24) is 0 Å². The highest BCUT2D eigenvalue weighted by atomic mass is 16.5. The van der Waals surface area contributed by atoms with Crippen molar-refractivity contribution in [3.05, 3.63) is 11.6 Å². The summed E-state index contributed by atoms with van der Waals surface area (Å²) in [6.07, 6.45) is 13.5. The maximum absolute atomic E-state index is 10.8. The van der Waals surface area contributed by atoms with E-state index < -0.39 is 5.60 Å². The summed E-state index contributed by atoms with van der Waals surface area (Å²) in [6.45, 7) is 9.12. The first-order valence-electron chi connectivity index (χ1n) is 11.8. The van der Waals surface area contributed by atoms with Gasteiger partial charge >= 0.3 is 0 Å². The zero-order valence-electron chi connectivity index (χ0n) is 18.6. The van der Waals surface area contributed by atoms with Gasteiger partial charge in [-0.25, -0.2) is 0 Å². The van der Waals surface area contributed by atoms with Crippen molar-refractivity contribution in [3.63, 3.8) is 0 Å². The molecule has 0 unspecified atom stereocenters. The van der Waals surface area contributed by atoms with Crippen LogP contribution in [0.4, 0.5) is 0 Å². The van der Waals surface area contributed by atoms with Crippen LogP contribution in [0.2, 0.25) is 0 Å². The van der Waals surface area contributed by atoms with Gasteiger partial charge in [-0.2, -0.15) is 0 Å². The van der Waals surface area contributed by atoms with Crippen molar-refractivity contribution in [2.75, 3.05) is 26.9 Å². The lowest BCUT2D eigenvalue weighted by atomic mass is 9.44. The smallest absolute Gasteiger partial charge is 0.0700 e. The molecule has 4 fully saturated rings. The van der Waals surface area contributed by atoms with E-state index in [9.17, 15) is 5.11 Å². The van der Waals surface area contributed by atoms with E-state index in [2.05, 4.69) is 26.8 Å². The summed E-state index contributed by atoms with van der Waals surface area (Å²) < 4.78 is 11.5. The van der Waals surface area contributed by atoms with Crippen molar-refractivity contribution < 1.29 is 14.6 Å². The van der Waals surface area contributed by atoms with Crippen molar-refractivity contribution in [2.24, 2.45) is 34.5 Å². The standard InChI is InChI=1S/C25H42O3/c1-5-18-7-9-21-20-8-6-19-16-23(2,26)12-13-25(19,17-28-15-14-27-4)22(20)10-11-24(18,21)3/h5,19-22,26H,6-17H2,1-4H3/b18-5-/t19-,20-,21-,22-,23+,24+,25+/m0/s1. The Kier molecular flexibility index (Phi) is 5.74. The van der Waals surface area contributed by atoms with Gasteiger partial charge in [0.05, 0.1) is 25.4 Å². The van der Waals surface area contributed by atoms with Crippen LogP contribution in [0.25, 0.3) is 0 Å². The molecule has 0 aliphatic heterocycles. The fourth-order valence-corrected chi connectivity index (χ4v) is 8.24. The largest absolute Gasteiger partial charge is 0.390 e. The van der Waals surface area contributed by atoms with E-state index in [1.165, 1.54) is 38.5 Å². The summed E-state index contributed by atoms with van der Waals surface area (Å²) in [5, 5.41) is 10.8. The lowest BCUT2D eigenvalue weighted by molar-refractivity contribution is -0.174. The fraction of sp³-hybridized carbons (Fsp3) is 0.920. The highest BCUT2D eigenvalue weighted by molar-refractivity contribution is 5.24. The summed E-state index contributed by atoms with van der Waals surface area (Å²) >= 11 is 0. The molecule has 4 rings (SSSR count). The zero-order chi connectivity index (χ0) is 20.0. The van der Waals surface area contributed by atoms with Gasteiger partial charge in [-0.15, -0.1) is 0 Å². The van der Waals surface area contributed by atoms with Gasteiger partial charge in [0.2, 0.25) is 0 Å². The molecule has 4 aliphatic rings. The van der Waals surface area contributed by atoms with E-state index in [4.69, 9.17) is 9.47 Å². The first kappa shape index (κ1) is 20.9. The first-order chi connectivity index (χ1) is 13.4. The molecular weight excluding hydrogens is 348 g/mol. The molecule has 0 aromatic carbocycles. The molecule has 0 saturated heterocycles. The normalized spacial score (nSPS) is 49.5. The van der Waals surface area contributed by atoms with Gasteiger partial charge in [0, 0.05) is 7.11 Å². The van der Waals surface area contributed by atoms with Gasteiger partial charge in [0.1, 0.15) is 0 Å². The number of rotatable bonds is 5. The average Bonchev–Trinajstić information content (AvgIpc) is 3.01. The second-order valence-electron chi connectivity index (χ2n) is 10.9. The van der Waals surface area contributed by atoms with E-state index in [0.29, 0.717) is 24.5 Å². The minimum absolute atomic E-state index is 0.277. The van der Waals surface area contributed by atoms with E-state index in [1.54, 1.807) is 12.7 Å². The van der Waals surface area contributed by atoms with E-state index >= 15 is 0 Å². The number of ether oxygens (including phenoxy) is 2. The molecule has 0 radical (unpaired) electrons. The molecule has 1 N–H and O–H groups in total. The molecule has 3 heteroatoms. The Morgan fingerprint density at radius 2 is 1.86 bits per heavy atom. The highest BCUT2D eigenvalue weighted by Crippen LogP contribution is 2.68. The lowest BCUT2D eigenvalue weighted by Gasteiger charge is -2.62. The molecule has 4 saturated carbocycles. The monoisotopic (exact) mass is 390 g/mol. The summed E-state index contributed by atoms with van der Waals surface area (Å²) in [4.78, 5) is 0. The molecule has 28 heavy (non-hydrogen) atoms. The van der Waals surface area contributed by atoms with Crippen molar-refractivity contribution in [2.45, 2.75) is 84.2 Å². The topological polar surface area (TPSA) is 38.7 Å². The van der Waals surface area contributed by atoms with E-state index in [1.807, 2.05) is 0 Å². The van der Waals surface area contributed by atoms with Crippen molar-refractivity contribution in [3.8, 4) is 0 Å². The Labute approximate surface area is 172 Å². The third-order valence-corrected chi connectivity index (χ3v) is 9.65. The van der Waals surface area contributed by atoms with Crippen LogP contribution in [0.1, 0.15) is 78.6 Å². The van der Waals surface area contributed by atoms with Crippen LogP contribution < -0.4 is 0 Å². The summed E-state index contributed by atoms with van der Waals surface area (Å²) in [5.41, 5.74) is 1.97. The first-order valence-corrected chi connectivity index (χ1v) is 11.8. The van der Waals surface area contributed by atoms with Crippen molar-refractivity contribution >= 4 is 0 Å². The third-order valence-electron chi connectivity index (χ3n) is 9.65. The van der Waals surface area contributed by atoms with Gasteiger partial charge < -0.3 is 14.6 Å². The summed E-state index contributed by atoms with van der Waals surface area (Å²) in [5.74, 6) is 3.10. The molecule has 3 nitrogen and oxygen atoms in total. The van der Waals surface area contributed by atoms with Gasteiger partial charge in [0.25, 0.3) is 0 Å². The maximum atomic E-state index is 10.8. The molecule has 0 aromatic heterocycles. The molecule has 0 heterocycles. The molecule has 0 spiro atoms. The number of allylic oxidation sites excluding steroid dienone is 2. The number of fused-ring (bicyclic) bond motifs is 5. The van der Waals surface area contributed by atoms with Crippen LogP contribution >= 0.6 is 0 Å². The Morgan fingerprint density at radius 3 is 2.61 bits per heavy atom. The van der Waals surface area contributed by atoms with E-state index in [0.717, 1.165) is 43.6 Å². The minimum atomic E-state index is -0.484. The zero-order valence-corrected chi connectivity index (χ0v) is 18.6. The average molecular weight is 391 g/mol. The quantitative estimate of drug-likeness (QED) is 0.507. The summed E-state index contributed by atoms with van der Waals surface area (Å²) in [7, 11) is 1.75. The van der Waals surface area contributed by atoms with Gasteiger partial charge in [-0.3, -0.25) is 0 Å². The van der Waals surface area contributed by atoms with Gasteiger partial charge in [0.15, 0.2) is 0 Å². The van der Waals surface area contributed by atoms with Crippen LogP contribution in [0.3, 0.4) is 0 Å². The van der Waals surface area contributed by atoms with Crippen LogP contribution in [0.15, 0.2) is 11.6 Å². The SMILES string of the molecule is C/C=C1/CC[C@H]2[C@@H]3CC[C@H]4C[C@](C)(O)CC[C@]4(COCCOC)[C@H]3CC[C@]12C. The molecular formula is C25H42O3. The molecule has 0 bridgehead atoms.